The zero-order valence-corrected chi connectivity index (χ0v) is 13.7. The quantitative estimate of drug-likeness (QED) is 0.803. The summed E-state index contributed by atoms with van der Waals surface area (Å²) < 4.78 is 32.4. The fourth-order valence-corrected chi connectivity index (χ4v) is 3.19. The van der Waals surface area contributed by atoms with Gasteiger partial charge in [0.15, 0.2) is 0 Å². The van der Waals surface area contributed by atoms with Crippen LogP contribution in [0.2, 0.25) is 0 Å². The molecule has 1 rings (SSSR count). The lowest BCUT2D eigenvalue weighted by atomic mass is 10.2. The van der Waals surface area contributed by atoms with Crippen molar-refractivity contribution < 1.29 is 12.8 Å². The second-order valence-corrected chi connectivity index (χ2v) is 8.20. The Labute approximate surface area is 119 Å². The first-order chi connectivity index (χ1) is 8.72. The molecule has 19 heavy (non-hydrogen) atoms. The van der Waals surface area contributed by atoms with Gasteiger partial charge in [0.25, 0.3) is 0 Å². The zero-order valence-electron chi connectivity index (χ0n) is 12.0. The normalized spacial score (nSPS) is 12.9. The number of thioether (sulfide) groups is 1. The molecule has 0 atom stereocenters. The summed E-state index contributed by atoms with van der Waals surface area (Å²) in [6.07, 6.45) is 1.96. The smallest absolute Gasteiger partial charge is 0.244 e. The molecule has 0 radical (unpaired) electrons. The van der Waals surface area contributed by atoms with Crippen LogP contribution in [0, 0.1) is 6.92 Å². The molecule has 7 heteroatoms. The van der Waals surface area contributed by atoms with Gasteiger partial charge in [-0.05, 0) is 34.1 Å². The SMILES string of the molecule is CNCc1cc(S(=O)(=O)NCC(C)(C)SC)c(C)o1. The highest BCUT2D eigenvalue weighted by atomic mass is 32.2. The van der Waals surface area contributed by atoms with E-state index in [9.17, 15) is 8.42 Å². The van der Waals surface area contributed by atoms with Crippen molar-refractivity contribution in [2.45, 2.75) is 37.0 Å². The molecule has 1 aromatic rings. The van der Waals surface area contributed by atoms with Crippen molar-refractivity contribution in [1.29, 1.82) is 0 Å². The van der Waals surface area contributed by atoms with Gasteiger partial charge in [-0.15, -0.1) is 0 Å². The minimum atomic E-state index is -3.52. The Bertz CT molecular complexity index is 521. The third-order valence-corrected chi connectivity index (χ3v) is 5.56. The molecule has 1 heterocycles. The first-order valence-corrected chi connectivity index (χ1v) is 8.71. The highest BCUT2D eigenvalue weighted by Gasteiger charge is 2.24. The highest BCUT2D eigenvalue weighted by molar-refractivity contribution is 8.00. The Kier molecular flexibility index (Phi) is 5.49. The molecule has 2 N–H and O–H groups in total. The van der Waals surface area contributed by atoms with E-state index in [4.69, 9.17) is 4.42 Å². The van der Waals surface area contributed by atoms with Crippen LogP contribution in [0.4, 0.5) is 0 Å². The first-order valence-electron chi connectivity index (χ1n) is 6.00. The molecule has 110 valence electrons. The average molecular weight is 306 g/mol. The molecule has 0 saturated heterocycles. The fraction of sp³-hybridized carbons (Fsp3) is 0.667. The Morgan fingerprint density at radius 3 is 2.58 bits per heavy atom. The van der Waals surface area contributed by atoms with Gasteiger partial charge in [-0.25, -0.2) is 13.1 Å². The van der Waals surface area contributed by atoms with Crippen LogP contribution in [0.5, 0.6) is 0 Å². The van der Waals surface area contributed by atoms with Crippen LogP contribution in [-0.4, -0.2) is 33.0 Å². The number of furan rings is 1. The van der Waals surface area contributed by atoms with Crippen LogP contribution < -0.4 is 10.0 Å². The van der Waals surface area contributed by atoms with Crippen LogP contribution >= 0.6 is 11.8 Å². The Morgan fingerprint density at radius 1 is 1.42 bits per heavy atom. The Hall–Kier alpha value is -0.500. The second kappa shape index (κ2) is 6.30. The number of sulfonamides is 1. The van der Waals surface area contributed by atoms with Crippen LogP contribution in [0.25, 0.3) is 0 Å². The number of nitrogens with one attached hydrogen (secondary N) is 2. The van der Waals surface area contributed by atoms with Gasteiger partial charge in [-0.3, -0.25) is 0 Å². The van der Waals surface area contributed by atoms with Gasteiger partial charge in [0, 0.05) is 17.4 Å². The van der Waals surface area contributed by atoms with Crippen molar-refractivity contribution >= 4 is 21.8 Å². The lowest BCUT2D eigenvalue weighted by Gasteiger charge is -2.21. The van der Waals surface area contributed by atoms with Crippen molar-refractivity contribution in [3.05, 3.63) is 17.6 Å². The maximum atomic E-state index is 12.2. The highest BCUT2D eigenvalue weighted by Crippen LogP contribution is 2.23. The van der Waals surface area contributed by atoms with E-state index in [1.807, 2.05) is 20.1 Å². The van der Waals surface area contributed by atoms with E-state index in [0.29, 0.717) is 24.6 Å². The molecule has 0 aliphatic rings. The molecule has 0 amide bonds. The van der Waals surface area contributed by atoms with Gasteiger partial charge < -0.3 is 9.73 Å². The van der Waals surface area contributed by atoms with E-state index in [-0.39, 0.29) is 9.64 Å². The van der Waals surface area contributed by atoms with Crippen molar-refractivity contribution in [1.82, 2.24) is 10.0 Å². The number of rotatable bonds is 7. The van der Waals surface area contributed by atoms with E-state index in [2.05, 4.69) is 10.0 Å². The molecule has 5 nitrogen and oxygen atoms in total. The maximum absolute atomic E-state index is 12.2. The van der Waals surface area contributed by atoms with Crippen molar-refractivity contribution in [2.75, 3.05) is 19.8 Å². The standard InChI is InChI=1S/C12H22N2O3S2/c1-9-11(6-10(17-9)7-13-4)19(15,16)14-8-12(2,3)18-5/h6,13-14H,7-8H2,1-5H3. The van der Waals surface area contributed by atoms with Crippen LogP contribution in [0.3, 0.4) is 0 Å². The van der Waals surface area contributed by atoms with Crippen LogP contribution in [-0.2, 0) is 16.6 Å². The van der Waals surface area contributed by atoms with Crippen LogP contribution in [0.1, 0.15) is 25.4 Å². The molecule has 0 unspecified atom stereocenters. The third-order valence-electron chi connectivity index (χ3n) is 2.80. The fourth-order valence-electron chi connectivity index (χ4n) is 1.47. The number of aryl methyl sites for hydroxylation is 1. The predicted octanol–water partition coefficient (Wildman–Crippen LogP) is 1.73. The Morgan fingerprint density at radius 2 is 2.05 bits per heavy atom. The summed E-state index contributed by atoms with van der Waals surface area (Å²) in [6.45, 7) is 6.53. The third kappa shape index (κ3) is 4.52. The van der Waals surface area contributed by atoms with Crippen LogP contribution in [0.15, 0.2) is 15.4 Å². The molecule has 0 fully saturated rings. The van der Waals surface area contributed by atoms with E-state index < -0.39 is 10.0 Å². The molecule has 1 aromatic heterocycles. The summed E-state index contributed by atoms with van der Waals surface area (Å²) in [7, 11) is -1.73. The maximum Gasteiger partial charge on any atom is 0.244 e. The monoisotopic (exact) mass is 306 g/mol. The van der Waals surface area contributed by atoms with Gasteiger partial charge in [0.2, 0.25) is 10.0 Å². The first kappa shape index (κ1) is 16.6. The summed E-state index contributed by atoms with van der Waals surface area (Å²) >= 11 is 1.62. The number of hydrogen-bond donors (Lipinski definition) is 2. The van der Waals surface area contributed by atoms with E-state index >= 15 is 0 Å². The molecular formula is C12H22N2O3S2. The van der Waals surface area contributed by atoms with E-state index in [0.717, 1.165) is 0 Å². The number of hydrogen-bond acceptors (Lipinski definition) is 5. The van der Waals surface area contributed by atoms with Gasteiger partial charge in [-0.2, -0.15) is 11.8 Å². The zero-order chi connectivity index (χ0) is 14.7. The summed E-state index contributed by atoms with van der Waals surface area (Å²) in [6, 6.07) is 1.57. The minimum Gasteiger partial charge on any atom is -0.464 e. The molecular weight excluding hydrogens is 284 g/mol. The molecule has 0 bridgehead atoms. The molecule has 0 aromatic carbocycles. The predicted molar refractivity (Wildman–Crippen MR) is 79.0 cm³/mol. The lowest BCUT2D eigenvalue weighted by molar-refractivity contribution is 0.465. The van der Waals surface area contributed by atoms with Crippen molar-refractivity contribution in [3.8, 4) is 0 Å². The largest absolute Gasteiger partial charge is 0.464 e. The summed E-state index contributed by atoms with van der Waals surface area (Å²) in [5.74, 6) is 1.03. The van der Waals surface area contributed by atoms with Gasteiger partial charge in [0.1, 0.15) is 16.4 Å². The lowest BCUT2D eigenvalue weighted by Crippen LogP contribution is -2.36. The summed E-state index contributed by atoms with van der Waals surface area (Å²) in [5, 5.41) is 2.93. The van der Waals surface area contributed by atoms with E-state index in [1.54, 1.807) is 31.8 Å². The topological polar surface area (TPSA) is 71.3 Å². The summed E-state index contributed by atoms with van der Waals surface area (Å²) in [4.78, 5) is 0.217. The average Bonchev–Trinajstić information content (AvgIpc) is 2.70. The molecule has 0 saturated carbocycles. The summed E-state index contributed by atoms with van der Waals surface area (Å²) in [5.41, 5.74) is 0. The van der Waals surface area contributed by atoms with Crippen molar-refractivity contribution in [2.24, 2.45) is 0 Å². The van der Waals surface area contributed by atoms with Gasteiger partial charge in [-0.1, -0.05) is 0 Å². The minimum absolute atomic E-state index is 0.140. The molecule has 0 aliphatic heterocycles. The van der Waals surface area contributed by atoms with Crippen molar-refractivity contribution in [3.63, 3.8) is 0 Å². The molecule has 0 aliphatic carbocycles. The molecule has 0 spiro atoms. The second-order valence-electron chi connectivity index (χ2n) is 4.95. The van der Waals surface area contributed by atoms with Gasteiger partial charge in [0.05, 0.1) is 6.54 Å². The van der Waals surface area contributed by atoms with E-state index in [1.165, 1.54) is 0 Å². The van der Waals surface area contributed by atoms with Gasteiger partial charge >= 0.3 is 0 Å². The Balaban J connectivity index is 2.88.